The number of rotatable bonds is 8. The summed E-state index contributed by atoms with van der Waals surface area (Å²) in [7, 11) is 1.84. The van der Waals surface area contributed by atoms with E-state index in [1.807, 2.05) is 18.4 Å². The average Bonchev–Trinajstić information content (AvgIpc) is 3.47. The molecule has 4 rings (SSSR count). The van der Waals surface area contributed by atoms with Crippen LogP contribution in [0.2, 0.25) is 0 Å². The lowest BCUT2D eigenvalue weighted by Crippen LogP contribution is -2.46. The van der Waals surface area contributed by atoms with E-state index in [0.717, 1.165) is 58.3 Å². The molecule has 160 valence electrons. The molecule has 1 aromatic carbocycles. The smallest absolute Gasteiger partial charge is 0.191 e. The zero-order valence-electron chi connectivity index (χ0n) is 17.6. The molecule has 3 heterocycles. The Morgan fingerprint density at radius 3 is 2.80 bits per heavy atom. The number of aliphatic imine (C=N–C) groups is 1. The maximum Gasteiger partial charge on any atom is 0.191 e. The molecule has 1 aliphatic heterocycles. The Morgan fingerprint density at radius 1 is 1.13 bits per heavy atom. The fourth-order valence-electron chi connectivity index (χ4n) is 3.99. The molecule has 2 aromatic heterocycles. The van der Waals surface area contributed by atoms with Crippen molar-refractivity contribution in [3.8, 4) is 0 Å². The van der Waals surface area contributed by atoms with Gasteiger partial charge in [-0.1, -0.05) is 24.3 Å². The van der Waals surface area contributed by atoms with Crippen molar-refractivity contribution in [3.63, 3.8) is 0 Å². The van der Waals surface area contributed by atoms with E-state index in [4.69, 9.17) is 4.74 Å². The molecular weight excluding hydrogens is 394 g/mol. The van der Waals surface area contributed by atoms with E-state index in [1.165, 1.54) is 15.8 Å². The molecule has 0 amide bonds. The van der Waals surface area contributed by atoms with Gasteiger partial charge < -0.3 is 19.9 Å². The molecule has 0 bridgehead atoms. The van der Waals surface area contributed by atoms with Gasteiger partial charge in [0.2, 0.25) is 0 Å². The number of nitrogens with zero attached hydrogens (tertiary/aromatic N) is 3. The van der Waals surface area contributed by atoms with Gasteiger partial charge in [0.05, 0.1) is 19.3 Å². The number of morpholine rings is 1. The number of nitrogens with one attached hydrogen (secondary N) is 2. The van der Waals surface area contributed by atoms with Crippen molar-refractivity contribution in [2.75, 3.05) is 46.4 Å². The quantitative estimate of drug-likeness (QED) is 0.330. The fraction of sp³-hybridized carbons (Fsp3) is 0.435. The minimum absolute atomic E-state index is 0.346. The third kappa shape index (κ3) is 5.22. The number of para-hydroxylation sites is 1. The highest BCUT2D eigenvalue weighted by Crippen LogP contribution is 2.25. The second-order valence-corrected chi connectivity index (χ2v) is 8.46. The summed E-state index contributed by atoms with van der Waals surface area (Å²) in [6.07, 6.45) is 3.21. The number of fused-ring (bicyclic) bond motifs is 1. The first kappa shape index (κ1) is 20.9. The highest BCUT2D eigenvalue weighted by atomic mass is 32.1. The minimum Gasteiger partial charge on any atom is -0.379 e. The molecule has 0 saturated carbocycles. The van der Waals surface area contributed by atoms with Crippen LogP contribution in [0.5, 0.6) is 0 Å². The van der Waals surface area contributed by atoms with Crippen molar-refractivity contribution in [3.05, 3.63) is 58.9 Å². The van der Waals surface area contributed by atoms with Crippen molar-refractivity contribution in [1.29, 1.82) is 0 Å². The van der Waals surface area contributed by atoms with Crippen LogP contribution >= 0.6 is 11.3 Å². The van der Waals surface area contributed by atoms with Crippen molar-refractivity contribution < 1.29 is 4.74 Å². The lowest BCUT2D eigenvalue weighted by molar-refractivity contribution is 0.0177. The Morgan fingerprint density at radius 2 is 2.00 bits per heavy atom. The Hall–Kier alpha value is -2.35. The third-order valence-electron chi connectivity index (χ3n) is 5.59. The number of guanidine groups is 1. The van der Waals surface area contributed by atoms with Gasteiger partial charge in [-0.05, 0) is 35.4 Å². The van der Waals surface area contributed by atoms with Crippen molar-refractivity contribution in [2.45, 2.75) is 19.0 Å². The zero-order valence-corrected chi connectivity index (χ0v) is 18.4. The lowest BCUT2D eigenvalue weighted by atomic mass is 10.2. The van der Waals surface area contributed by atoms with E-state index >= 15 is 0 Å². The summed E-state index contributed by atoms with van der Waals surface area (Å²) in [5, 5.41) is 10.5. The van der Waals surface area contributed by atoms with Crippen LogP contribution in [0.25, 0.3) is 10.9 Å². The van der Waals surface area contributed by atoms with Crippen LogP contribution in [0.3, 0.4) is 0 Å². The van der Waals surface area contributed by atoms with Gasteiger partial charge in [-0.15, -0.1) is 11.3 Å². The zero-order chi connectivity index (χ0) is 20.6. The van der Waals surface area contributed by atoms with Crippen LogP contribution in [0.1, 0.15) is 17.3 Å². The van der Waals surface area contributed by atoms with Crippen molar-refractivity contribution >= 4 is 28.2 Å². The Kier molecular flexibility index (Phi) is 7.39. The van der Waals surface area contributed by atoms with Gasteiger partial charge in [0.15, 0.2) is 5.96 Å². The summed E-state index contributed by atoms with van der Waals surface area (Å²) in [4.78, 5) is 8.31. The summed E-state index contributed by atoms with van der Waals surface area (Å²) < 4.78 is 7.86. The number of hydrogen-bond donors (Lipinski definition) is 2. The van der Waals surface area contributed by atoms with Gasteiger partial charge in [-0.3, -0.25) is 9.89 Å². The molecule has 3 aromatic rings. The molecular formula is C23H31N5OS. The van der Waals surface area contributed by atoms with Gasteiger partial charge in [-0.2, -0.15) is 0 Å². The van der Waals surface area contributed by atoms with E-state index in [2.05, 4.69) is 79.1 Å². The summed E-state index contributed by atoms with van der Waals surface area (Å²) >= 11 is 1.82. The van der Waals surface area contributed by atoms with Crippen LogP contribution in [0.4, 0.5) is 0 Å². The molecule has 0 aliphatic carbocycles. The maximum atomic E-state index is 5.54. The molecule has 1 saturated heterocycles. The largest absolute Gasteiger partial charge is 0.379 e. The summed E-state index contributed by atoms with van der Waals surface area (Å²) in [5.41, 5.74) is 1.30. The lowest BCUT2D eigenvalue weighted by Gasteiger charge is -2.34. The summed E-state index contributed by atoms with van der Waals surface area (Å²) in [6, 6.07) is 15.4. The molecule has 2 N–H and O–H groups in total. The summed E-state index contributed by atoms with van der Waals surface area (Å²) in [5.74, 6) is 0.863. The number of aromatic nitrogens is 1. The average molecular weight is 426 g/mol. The molecule has 1 unspecified atom stereocenters. The Balaban J connectivity index is 1.26. The van der Waals surface area contributed by atoms with Gasteiger partial charge in [0, 0.05) is 56.4 Å². The predicted octanol–water partition coefficient (Wildman–Crippen LogP) is 3.33. The van der Waals surface area contributed by atoms with Gasteiger partial charge in [-0.25, -0.2) is 0 Å². The molecule has 1 fully saturated rings. The van der Waals surface area contributed by atoms with E-state index < -0.39 is 0 Å². The third-order valence-corrected chi connectivity index (χ3v) is 6.57. The molecule has 0 spiro atoms. The van der Waals surface area contributed by atoms with Gasteiger partial charge in [0.25, 0.3) is 0 Å². The topological polar surface area (TPSA) is 53.8 Å². The Bertz CT molecular complexity index is 930. The highest BCUT2D eigenvalue weighted by Gasteiger charge is 2.23. The normalized spacial score (nSPS) is 16.6. The van der Waals surface area contributed by atoms with Crippen LogP contribution in [0, 0.1) is 0 Å². The fourth-order valence-corrected chi connectivity index (χ4v) is 4.85. The first-order chi connectivity index (χ1) is 14.8. The van der Waals surface area contributed by atoms with E-state index in [0.29, 0.717) is 6.04 Å². The SMILES string of the molecule is CN=C(NCCCn1ccc2ccccc21)NCC(c1cccs1)N1CCOCC1. The molecule has 6 nitrogen and oxygen atoms in total. The molecule has 1 atom stereocenters. The van der Waals surface area contributed by atoms with Crippen molar-refractivity contribution in [2.24, 2.45) is 4.99 Å². The first-order valence-electron chi connectivity index (χ1n) is 10.7. The molecule has 30 heavy (non-hydrogen) atoms. The van der Waals surface area contributed by atoms with Crippen LogP contribution < -0.4 is 10.6 Å². The van der Waals surface area contributed by atoms with Crippen LogP contribution in [-0.2, 0) is 11.3 Å². The number of ether oxygens (including phenoxy) is 1. The van der Waals surface area contributed by atoms with Gasteiger partial charge >= 0.3 is 0 Å². The summed E-state index contributed by atoms with van der Waals surface area (Å²) in [6.45, 7) is 6.27. The number of aryl methyl sites for hydroxylation is 1. The number of hydrogen-bond acceptors (Lipinski definition) is 4. The molecule has 1 aliphatic rings. The predicted molar refractivity (Wildman–Crippen MR) is 125 cm³/mol. The second kappa shape index (κ2) is 10.6. The molecule has 0 radical (unpaired) electrons. The second-order valence-electron chi connectivity index (χ2n) is 7.48. The highest BCUT2D eigenvalue weighted by molar-refractivity contribution is 7.10. The number of thiophene rings is 1. The van der Waals surface area contributed by atoms with E-state index in [9.17, 15) is 0 Å². The Labute approximate surface area is 182 Å². The van der Waals surface area contributed by atoms with Crippen LogP contribution in [0.15, 0.2) is 59.0 Å². The minimum atomic E-state index is 0.346. The van der Waals surface area contributed by atoms with E-state index in [1.54, 1.807) is 0 Å². The van der Waals surface area contributed by atoms with Crippen molar-refractivity contribution in [1.82, 2.24) is 20.1 Å². The monoisotopic (exact) mass is 425 g/mol. The van der Waals surface area contributed by atoms with Gasteiger partial charge in [0.1, 0.15) is 0 Å². The first-order valence-corrected chi connectivity index (χ1v) is 11.6. The molecule has 7 heteroatoms. The number of benzene rings is 1. The standard InChI is InChI=1S/C23H31N5OS/c1-24-23(25-10-5-11-27-12-9-19-6-2-3-7-20(19)27)26-18-21(22-8-4-17-30-22)28-13-15-29-16-14-28/h2-4,6-9,12,17,21H,5,10-11,13-16,18H2,1H3,(H2,24,25,26). The van der Waals surface area contributed by atoms with Crippen LogP contribution in [-0.4, -0.2) is 61.9 Å². The maximum absolute atomic E-state index is 5.54. The van der Waals surface area contributed by atoms with E-state index in [-0.39, 0.29) is 0 Å².